The summed E-state index contributed by atoms with van der Waals surface area (Å²) >= 11 is 6.24. The molecule has 0 spiro atoms. The maximum Gasteiger partial charge on any atom is 0.242 e. The van der Waals surface area contributed by atoms with Gasteiger partial charge in [0.2, 0.25) is 21.8 Å². The van der Waals surface area contributed by atoms with Crippen molar-refractivity contribution in [3.05, 3.63) is 88.9 Å². The molecule has 220 valence electrons. The molecule has 0 aliphatic carbocycles. The number of anilines is 1. The van der Waals surface area contributed by atoms with Crippen molar-refractivity contribution in [1.82, 2.24) is 10.2 Å². The third-order valence-corrected chi connectivity index (χ3v) is 8.07. The van der Waals surface area contributed by atoms with Crippen molar-refractivity contribution in [1.29, 1.82) is 0 Å². The molecule has 0 saturated carbocycles. The molecule has 1 N–H and O–H groups in total. The number of benzene rings is 3. The van der Waals surface area contributed by atoms with E-state index in [1.165, 1.54) is 17.5 Å². The third kappa shape index (κ3) is 8.86. The highest BCUT2D eigenvalue weighted by atomic mass is 35.5. The highest BCUT2D eigenvalue weighted by molar-refractivity contribution is 7.92. The predicted molar refractivity (Wildman–Crippen MR) is 161 cm³/mol. The number of likely N-dealkylation sites (N-methyl/N-ethyl adjacent to an activating group) is 1. The summed E-state index contributed by atoms with van der Waals surface area (Å²) < 4.78 is 37.0. The number of sulfonamides is 1. The van der Waals surface area contributed by atoms with Gasteiger partial charge in [0.15, 0.2) is 0 Å². The Balaban J connectivity index is 1.86. The summed E-state index contributed by atoms with van der Waals surface area (Å²) in [5, 5.41) is 2.96. The smallest absolute Gasteiger partial charge is 0.242 e. The lowest BCUT2D eigenvalue weighted by Crippen LogP contribution is -2.49. The van der Waals surface area contributed by atoms with Gasteiger partial charge < -0.3 is 19.7 Å². The van der Waals surface area contributed by atoms with E-state index in [0.717, 1.165) is 17.4 Å². The number of nitrogens with one attached hydrogen (secondary N) is 1. The molecule has 1 atom stereocenters. The number of carbonyl (C=O) groups is 2. The van der Waals surface area contributed by atoms with Crippen LogP contribution in [0.3, 0.4) is 0 Å². The number of carbonyl (C=O) groups excluding carboxylic acids is 2. The fourth-order valence-corrected chi connectivity index (χ4v) is 5.71. The van der Waals surface area contributed by atoms with Crippen LogP contribution in [0.4, 0.5) is 5.69 Å². The van der Waals surface area contributed by atoms with Gasteiger partial charge in [-0.15, -0.1) is 0 Å². The highest BCUT2D eigenvalue weighted by Gasteiger charge is 2.30. The Morgan fingerprint density at radius 1 is 0.951 bits per heavy atom. The van der Waals surface area contributed by atoms with E-state index in [1.54, 1.807) is 37.3 Å². The standard InChI is InChI=1S/C30H36ClN3O6S/c1-32-30(36)27(19-22-10-6-5-7-11-22)33(21-23-12-8-13-25(18-23)39-2)29(35)14-9-17-34(41(4,37)38)24-15-16-28(40-3)26(31)20-24/h5-8,10-13,15-16,18,20,27H,9,14,17,19,21H2,1-4H3,(H,32,36)/t27-/m0/s1. The van der Waals surface area contributed by atoms with Crippen LogP contribution in [0, 0.1) is 0 Å². The Hall–Kier alpha value is -3.76. The van der Waals surface area contributed by atoms with Gasteiger partial charge >= 0.3 is 0 Å². The van der Waals surface area contributed by atoms with Crippen LogP contribution in [0.1, 0.15) is 24.0 Å². The Morgan fingerprint density at radius 3 is 2.27 bits per heavy atom. The normalized spacial score (nSPS) is 11.8. The van der Waals surface area contributed by atoms with Crippen LogP contribution < -0.4 is 19.1 Å². The number of nitrogens with zero attached hydrogens (tertiary/aromatic N) is 2. The fraction of sp³-hybridized carbons (Fsp3) is 0.333. The van der Waals surface area contributed by atoms with E-state index >= 15 is 0 Å². The molecule has 0 heterocycles. The van der Waals surface area contributed by atoms with Crippen molar-refractivity contribution >= 4 is 39.1 Å². The molecule has 3 aromatic rings. The molecule has 41 heavy (non-hydrogen) atoms. The van der Waals surface area contributed by atoms with Gasteiger partial charge in [-0.25, -0.2) is 8.42 Å². The first-order valence-corrected chi connectivity index (χ1v) is 15.3. The summed E-state index contributed by atoms with van der Waals surface area (Å²) in [6, 6.07) is 20.7. The Labute approximate surface area is 247 Å². The summed E-state index contributed by atoms with van der Waals surface area (Å²) in [6.07, 6.45) is 1.65. The van der Waals surface area contributed by atoms with E-state index < -0.39 is 16.1 Å². The van der Waals surface area contributed by atoms with E-state index in [9.17, 15) is 18.0 Å². The number of amides is 2. The number of hydrogen-bond donors (Lipinski definition) is 1. The van der Waals surface area contributed by atoms with Gasteiger partial charge in [-0.05, 0) is 47.9 Å². The van der Waals surface area contributed by atoms with E-state index in [1.807, 2.05) is 48.5 Å². The molecule has 0 radical (unpaired) electrons. The van der Waals surface area contributed by atoms with Crippen LogP contribution in [0.2, 0.25) is 5.02 Å². The predicted octanol–water partition coefficient (Wildman–Crippen LogP) is 4.29. The number of halogens is 1. The first-order chi connectivity index (χ1) is 19.6. The van der Waals surface area contributed by atoms with Gasteiger partial charge in [-0.3, -0.25) is 13.9 Å². The maximum atomic E-state index is 13.8. The van der Waals surface area contributed by atoms with Gasteiger partial charge in [0.25, 0.3) is 0 Å². The zero-order valence-corrected chi connectivity index (χ0v) is 25.2. The van der Waals surface area contributed by atoms with Crippen LogP contribution in [0.15, 0.2) is 72.8 Å². The van der Waals surface area contributed by atoms with Gasteiger partial charge in [0, 0.05) is 33.0 Å². The zero-order chi connectivity index (χ0) is 30.0. The largest absolute Gasteiger partial charge is 0.497 e. The lowest BCUT2D eigenvalue weighted by molar-refractivity contribution is -0.141. The molecule has 2 amide bonds. The minimum absolute atomic E-state index is 0.0160. The van der Waals surface area contributed by atoms with Crippen LogP contribution in [-0.2, 0) is 32.6 Å². The molecule has 0 unspecified atom stereocenters. The zero-order valence-electron chi connectivity index (χ0n) is 23.7. The van der Waals surface area contributed by atoms with Crippen LogP contribution >= 0.6 is 11.6 Å². The van der Waals surface area contributed by atoms with Crippen molar-refractivity contribution in [2.24, 2.45) is 0 Å². The minimum Gasteiger partial charge on any atom is -0.497 e. The molecular formula is C30H36ClN3O6S. The quantitative estimate of drug-likeness (QED) is 0.296. The average Bonchev–Trinajstić information content (AvgIpc) is 2.96. The monoisotopic (exact) mass is 601 g/mol. The molecule has 3 rings (SSSR count). The lowest BCUT2D eigenvalue weighted by atomic mass is 10.0. The summed E-state index contributed by atoms with van der Waals surface area (Å²) in [7, 11) is 0.906. The Kier molecular flexibility index (Phi) is 11.4. The molecule has 0 aliphatic heterocycles. The second kappa shape index (κ2) is 14.7. The fourth-order valence-electron chi connectivity index (χ4n) is 4.50. The number of rotatable bonds is 14. The van der Waals surface area contributed by atoms with Crippen LogP contribution in [-0.4, -0.2) is 65.2 Å². The third-order valence-electron chi connectivity index (χ3n) is 6.58. The van der Waals surface area contributed by atoms with E-state index in [0.29, 0.717) is 23.6 Å². The molecule has 0 saturated heterocycles. The number of hydrogen-bond acceptors (Lipinski definition) is 6. The Bertz CT molecular complexity index is 1440. The van der Waals surface area contributed by atoms with Crippen molar-refractivity contribution in [3.63, 3.8) is 0 Å². The molecule has 11 heteroatoms. The SMILES string of the molecule is CNC(=O)[C@H](Cc1ccccc1)N(Cc1cccc(OC)c1)C(=O)CCCN(c1ccc(OC)c(Cl)c1)S(C)(=O)=O. The van der Waals surface area contributed by atoms with Crippen molar-refractivity contribution in [2.75, 3.05) is 38.4 Å². The Morgan fingerprint density at radius 2 is 1.66 bits per heavy atom. The van der Waals surface area contributed by atoms with Crippen molar-refractivity contribution < 1.29 is 27.5 Å². The lowest BCUT2D eigenvalue weighted by Gasteiger charge is -2.31. The topological polar surface area (TPSA) is 105 Å². The molecule has 0 fully saturated rings. The van der Waals surface area contributed by atoms with Gasteiger partial charge in [0.1, 0.15) is 17.5 Å². The second-order valence-electron chi connectivity index (χ2n) is 9.45. The van der Waals surface area contributed by atoms with Crippen molar-refractivity contribution in [3.8, 4) is 11.5 Å². The summed E-state index contributed by atoms with van der Waals surface area (Å²) in [6.45, 7) is 0.217. The number of ether oxygens (including phenoxy) is 2. The van der Waals surface area contributed by atoms with Gasteiger partial charge in [0.05, 0.1) is 31.2 Å². The first kappa shape index (κ1) is 31.8. The van der Waals surface area contributed by atoms with Crippen LogP contribution in [0.5, 0.6) is 11.5 Å². The van der Waals surface area contributed by atoms with Crippen LogP contribution in [0.25, 0.3) is 0 Å². The average molecular weight is 602 g/mol. The number of methoxy groups -OCH3 is 2. The summed E-state index contributed by atoms with van der Waals surface area (Å²) in [4.78, 5) is 28.4. The molecular weight excluding hydrogens is 566 g/mol. The first-order valence-electron chi connectivity index (χ1n) is 13.1. The molecule has 9 nitrogen and oxygen atoms in total. The van der Waals surface area contributed by atoms with Gasteiger partial charge in [-0.1, -0.05) is 54.1 Å². The van der Waals surface area contributed by atoms with Gasteiger partial charge in [-0.2, -0.15) is 0 Å². The molecule has 3 aromatic carbocycles. The highest BCUT2D eigenvalue weighted by Crippen LogP contribution is 2.30. The maximum absolute atomic E-state index is 13.8. The van der Waals surface area contributed by atoms with Crippen molar-refractivity contribution in [2.45, 2.75) is 31.8 Å². The van der Waals surface area contributed by atoms with E-state index in [-0.39, 0.29) is 42.8 Å². The second-order valence-corrected chi connectivity index (χ2v) is 11.8. The van der Waals surface area contributed by atoms with E-state index in [2.05, 4.69) is 5.32 Å². The summed E-state index contributed by atoms with van der Waals surface area (Å²) in [5.41, 5.74) is 2.07. The minimum atomic E-state index is -3.67. The summed E-state index contributed by atoms with van der Waals surface area (Å²) in [5.74, 6) is 0.483. The van der Waals surface area contributed by atoms with E-state index in [4.69, 9.17) is 21.1 Å². The molecule has 0 bridgehead atoms. The molecule has 0 aliphatic rings. The molecule has 0 aromatic heterocycles.